The van der Waals surface area contributed by atoms with Gasteiger partial charge in [0.05, 0.1) is 17.6 Å². The van der Waals surface area contributed by atoms with Gasteiger partial charge in [0, 0.05) is 72.9 Å². The van der Waals surface area contributed by atoms with Crippen LogP contribution in [0, 0.1) is 29.4 Å². The highest BCUT2D eigenvalue weighted by Gasteiger charge is 2.45. The summed E-state index contributed by atoms with van der Waals surface area (Å²) in [5, 5.41) is 14.7. The predicted octanol–water partition coefficient (Wildman–Crippen LogP) is 6.81. The topological polar surface area (TPSA) is 107 Å². The summed E-state index contributed by atoms with van der Waals surface area (Å²) in [6, 6.07) is 4.78. The summed E-state index contributed by atoms with van der Waals surface area (Å²) < 4.78 is 52.1. The molecule has 0 radical (unpaired) electrons. The van der Waals surface area contributed by atoms with Crippen LogP contribution in [0.2, 0.25) is 0 Å². The molecule has 3 fully saturated rings. The number of terminal acetylenes is 1. The van der Waals surface area contributed by atoms with E-state index in [0.29, 0.717) is 62.2 Å². The van der Waals surface area contributed by atoms with Crippen LogP contribution in [-0.2, 0) is 0 Å². The summed E-state index contributed by atoms with van der Waals surface area (Å²) in [6.45, 7) is 13.0. The van der Waals surface area contributed by atoms with Gasteiger partial charge < -0.3 is 29.9 Å². The minimum atomic E-state index is -0.811. The molecule has 53 heavy (non-hydrogen) atoms. The maximum atomic E-state index is 17.0. The molecular formula is C40H46F3N7O3. The summed E-state index contributed by atoms with van der Waals surface area (Å²) >= 11 is 0. The zero-order valence-corrected chi connectivity index (χ0v) is 30.8. The number of urea groups is 1. The number of aromatic nitrogens is 3. The Bertz CT molecular complexity index is 2090. The number of pyridine rings is 1. The number of ether oxygens (including phenoxy) is 1. The molecule has 2 atom stereocenters. The first-order valence-electron chi connectivity index (χ1n) is 18.3. The van der Waals surface area contributed by atoms with E-state index >= 15 is 4.39 Å². The van der Waals surface area contributed by atoms with E-state index in [1.165, 1.54) is 30.5 Å². The van der Waals surface area contributed by atoms with Crippen molar-refractivity contribution >= 4 is 33.5 Å². The number of halogens is 3. The van der Waals surface area contributed by atoms with E-state index in [2.05, 4.69) is 26.1 Å². The van der Waals surface area contributed by atoms with E-state index in [9.17, 15) is 18.7 Å². The van der Waals surface area contributed by atoms with E-state index in [0.717, 1.165) is 19.4 Å². The fourth-order valence-electron chi connectivity index (χ4n) is 7.83. The second-order valence-corrected chi connectivity index (χ2v) is 16.1. The summed E-state index contributed by atoms with van der Waals surface area (Å²) in [5.41, 5.74) is -0.740. The third-order valence-electron chi connectivity index (χ3n) is 10.6. The van der Waals surface area contributed by atoms with Crippen molar-refractivity contribution in [2.75, 3.05) is 44.2 Å². The van der Waals surface area contributed by atoms with Crippen LogP contribution in [0.25, 0.3) is 32.9 Å². The van der Waals surface area contributed by atoms with Gasteiger partial charge in [0.25, 0.3) is 0 Å². The Kier molecular flexibility index (Phi) is 9.55. The van der Waals surface area contributed by atoms with Gasteiger partial charge in [-0.2, -0.15) is 9.97 Å². The van der Waals surface area contributed by atoms with Crippen molar-refractivity contribution in [3.63, 3.8) is 0 Å². The van der Waals surface area contributed by atoms with E-state index in [1.54, 1.807) is 0 Å². The standard InChI is InChI=1S/C40H46F3N7O3/c1-7-28-31(42)9-8-25-16-27(51)17-29(32(25)28)34-33(43)35-30(18-44-34)36(49-19-23(2)50(24(3)20-49)38(52)47-39(4,5)6)46-37(45-35)53-22-40(12-13-40)21-48-14-10-26(41)11-15-48/h1,8-9,16-18,23-24,26,51H,10-15,19-22H2,2-6H3,(H,47,52). The molecule has 2 aromatic heterocycles. The van der Waals surface area contributed by atoms with E-state index < -0.39 is 23.3 Å². The number of amides is 2. The fourth-order valence-corrected chi connectivity index (χ4v) is 7.83. The number of benzene rings is 2. The first kappa shape index (κ1) is 36.5. The summed E-state index contributed by atoms with van der Waals surface area (Å²) in [4.78, 5) is 33.4. The molecular weight excluding hydrogens is 683 g/mol. The SMILES string of the molecule is C#Cc1c(F)ccc2cc(O)cc(-c3ncc4c(N5CC(C)N(C(=O)NC(C)(C)C)C(C)C5)nc(OCC5(CN6CCC(F)CC6)CC5)nc4c3F)c12. The van der Waals surface area contributed by atoms with Crippen LogP contribution >= 0.6 is 0 Å². The minimum absolute atomic E-state index is 0.0124. The van der Waals surface area contributed by atoms with Crippen molar-refractivity contribution in [2.24, 2.45) is 5.41 Å². The number of anilines is 1. The maximum absolute atomic E-state index is 17.0. The average molecular weight is 730 g/mol. The van der Waals surface area contributed by atoms with E-state index in [4.69, 9.17) is 16.1 Å². The Morgan fingerprint density at radius 3 is 2.45 bits per heavy atom. The molecule has 10 nitrogen and oxygen atoms in total. The number of aromatic hydroxyl groups is 1. The van der Waals surface area contributed by atoms with Gasteiger partial charge in [-0.1, -0.05) is 12.0 Å². The van der Waals surface area contributed by atoms with Crippen molar-refractivity contribution in [3.8, 4) is 35.4 Å². The van der Waals surface area contributed by atoms with E-state index in [1.807, 2.05) is 44.4 Å². The summed E-state index contributed by atoms with van der Waals surface area (Å²) in [5.74, 6) is 1.14. The first-order valence-corrected chi connectivity index (χ1v) is 18.3. The fraction of sp³-hybridized carbons (Fsp3) is 0.500. The van der Waals surface area contributed by atoms with Crippen LogP contribution < -0.4 is 15.0 Å². The first-order chi connectivity index (χ1) is 25.1. The van der Waals surface area contributed by atoms with Gasteiger partial charge in [-0.15, -0.1) is 6.42 Å². The van der Waals surface area contributed by atoms with Crippen LogP contribution in [0.3, 0.4) is 0 Å². The van der Waals surface area contributed by atoms with Gasteiger partial charge in [0.2, 0.25) is 0 Å². The number of nitrogens with one attached hydrogen (secondary N) is 1. The number of carbonyl (C=O) groups is 1. The number of piperazine rings is 1. The number of hydrogen-bond donors (Lipinski definition) is 2. The number of carbonyl (C=O) groups excluding carboxylic acids is 1. The lowest BCUT2D eigenvalue weighted by Crippen LogP contribution is -2.62. The molecule has 13 heteroatoms. The quantitative estimate of drug-likeness (QED) is 0.200. The van der Waals surface area contributed by atoms with Crippen LogP contribution in [0.1, 0.15) is 65.9 Å². The smallest absolute Gasteiger partial charge is 0.319 e. The Morgan fingerprint density at radius 1 is 1.11 bits per heavy atom. The second-order valence-electron chi connectivity index (χ2n) is 16.1. The van der Waals surface area contributed by atoms with Gasteiger partial charge >= 0.3 is 12.0 Å². The van der Waals surface area contributed by atoms with Crippen LogP contribution in [0.15, 0.2) is 30.5 Å². The highest BCUT2D eigenvalue weighted by atomic mass is 19.1. The molecule has 280 valence electrons. The van der Waals surface area contributed by atoms with Gasteiger partial charge in [0.15, 0.2) is 5.82 Å². The lowest BCUT2D eigenvalue weighted by molar-refractivity contribution is 0.107. The molecule has 7 rings (SSSR count). The Labute approximate surface area is 307 Å². The molecule has 4 heterocycles. The molecule has 4 aromatic rings. The highest BCUT2D eigenvalue weighted by molar-refractivity contribution is 6.03. The normalized spacial score (nSPS) is 20.8. The van der Waals surface area contributed by atoms with Crippen LogP contribution in [-0.4, -0.2) is 99.0 Å². The molecule has 3 aliphatic rings. The number of piperidine rings is 1. The maximum Gasteiger partial charge on any atom is 0.319 e. The Balaban J connectivity index is 1.29. The molecule has 0 spiro atoms. The van der Waals surface area contributed by atoms with Gasteiger partial charge in [0.1, 0.15) is 34.8 Å². The van der Waals surface area contributed by atoms with Crippen molar-refractivity contribution in [1.29, 1.82) is 0 Å². The molecule has 2 N–H and O–H groups in total. The number of hydrogen-bond acceptors (Lipinski definition) is 8. The lowest BCUT2D eigenvalue weighted by Gasteiger charge is -2.45. The Morgan fingerprint density at radius 2 is 1.81 bits per heavy atom. The average Bonchev–Trinajstić information content (AvgIpc) is 3.86. The molecule has 2 saturated heterocycles. The number of phenols is 1. The highest BCUT2D eigenvalue weighted by Crippen LogP contribution is 2.47. The molecule has 2 aliphatic heterocycles. The minimum Gasteiger partial charge on any atom is -0.508 e. The molecule has 2 amide bonds. The number of likely N-dealkylation sites (tertiary alicyclic amines) is 1. The molecule has 1 saturated carbocycles. The molecule has 1 aliphatic carbocycles. The van der Waals surface area contributed by atoms with Crippen LogP contribution in [0.5, 0.6) is 11.8 Å². The summed E-state index contributed by atoms with van der Waals surface area (Å²) in [6.07, 6.45) is 9.36. The largest absolute Gasteiger partial charge is 0.508 e. The zero-order chi connectivity index (χ0) is 37.8. The number of nitrogens with zero attached hydrogens (tertiary/aromatic N) is 6. The number of phenolic OH excluding ortho intramolecular Hbond substituents is 1. The van der Waals surface area contributed by atoms with Gasteiger partial charge in [-0.05, 0) is 83.9 Å². The molecule has 2 aromatic carbocycles. The second kappa shape index (κ2) is 13.9. The van der Waals surface area contributed by atoms with E-state index in [-0.39, 0.29) is 63.0 Å². The van der Waals surface area contributed by atoms with Crippen molar-refractivity contribution in [1.82, 2.24) is 30.1 Å². The number of fused-ring (bicyclic) bond motifs is 2. The monoisotopic (exact) mass is 729 g/mol. The third kappa shape index (κ3) is 7.38. The predicted molar refractivity (Wildman–Crippen MR) is 199 cm³/mol. The van der Waals surface area contributed by atoms with Gasteiger partial charge in [-0.3, -0.25) is 4.98 Å². The van der Waals surface area contributed by atoms with Crippen molar-refractivity contribution in [2.45, 2.75) is 84.1 Å². The zero-order valence-electron chi connectivity index (χ0n) is 30.8. The third-order valence-corrected chi connectivity index (χ3v) is 10.6. The lowest BCUT2D eigenvalue weighted by atomic mass is 9.96. The van der Waals surface area contributed by atoms with Crippen molar-refractivity contribution < 1.29 is 27.8 Å². The van der Waals surface area contributed by atoms with Crippen molar-refractivity contribution in [3.05, 3.63) is 47.7 Å². The molecule has 2 unspecified atom stereocenters. The summed E-state index contributed by atoms with van der Waals surface area (Å²) in [7, 11) is 0. The Hall–Kier alpha value is -4.83. The van der Waals surface area contributed by atoms with Gasteiger partial charge in [-0.25, -0.2) is 18.0 Å². The molecule has 0 bridgehead atoms. The number of alkyl halides is 1. The van der Waals surface area contributed by atoms with Crippen LogP contribution in [0.4, 0.5) is 23.8 Å². The number of rotatable bonds is 7.